The number of anilines is 1. The van der Waals surface area contributed by atoms with E-state index in [1.807, 2.05) is 48.3 Å². The zero-order valence-electron chi connectivity index (χ0n) is 15.8. The van der Waals surface area contributed by atoms with Crippen molar-refractivity contribution >= 4 is 11.6 Å². The molecule has 1 aliphatic heterocycles. The van der Waals surface area contributed by atoms with E-state index < -0.39 is 0 Å². The number of amides is 1. The molecule has 26 heavy (non-hydrogen) atoms. The molecule has 138 valence electrons. The van der Waals surface area contributed by atoms with E-state index in [0.717, 1.165) is 37.2 Å². The fourth-order valence-corrected chi connectivity index (χ4v) is 3.54. The van der Waals surface area contributed by atoms with Gasteiger partial charge in [-0.3, -0.25) is 4.79 Å². The fourth-order valence-electron chi connectivity index (χ4n) is 3.54. The lowest BCUT2D eigenvalue weighted by Crippen LogP contribution is -2.45. The van der Waals surface area contributed by atoms with Crippen LogP contribution in [-0.4, -0.2) is 37.0 Å². The van der Waals surface area contributed by atoms with Gasteiger partial charge in [0.15, 0.2) is 0 Å². The molecule has 2 aromatic rings. The quantitative estimate of drug-likeness (QED) is 0.795. The van der Waals surface area contributed by atoms with E-state index in [0.29, 0.717) is 5.92 Å². The van der Waals surface area contributed by atoms with Gasteiger partial charge in [0.05, 0.1) is 0 Å². The molecule has 0 aliphatic carbocycles. The van der Waals surface area contributed by atoms with Gasteiger partial charge in [-0.2, -0.15) is 0 Å². The Morgan fingerprint density at radius 2 is 1.62 bits per heavy atom. The number of piperidine rings is 1. The molecule has 1 amide bonds. The van der Waals surface area contributed by atoms with Crippen LogP contribution in [-0.2, 0) is 0 Å². The van der Waals surface area contributed by atoms with Crippen LogP contribution in [0, 0.1) is 5.82 Å². The lowest BCUT2D eigenvalue weighted by atomic mass is 9.99. The zero-order valence-corrected chi connectivity index (χ0v) is 15.8. The lowest BCUT2D eigenvalue weighted by Gasteiger charge is -2.38. The summed E-state index contributed by atoms with van der Waals surface area (Å²) in [6, 6.07) is 14.8. The van der Waals surface area contributed by atoms with Crippen LogP contribution >= 0.6 is 0 Å². The normalized spacial score (nSPS) is 15.3. The Morgan fingerprint density at radius 1 is 1.04 bits per heavy atom. The van der Waals surface area contributed by atoms with Crippen LogP contribution in [0.4, 0.5) is 10.1 Å². The topological polar surface area (TPSA) is 23.6 Å². The highest BCUT2D eigenvalue weighted by Crippen LogP contribution is 2.23. The molecule has 0 saturated carbocycles. The number of nitrogens with zero attached hydrogens (tertiary/aromatic N) is 2. The van der Waals surface area contributed by atoms with Gasteiger partial charge in [0.1, 0.15) is 5.82 Å². The van der Waals surface area contributed by atoms with Crippen LogP contribution in [0.5, 0.6) is 0 Å². The Morgan fingerprint density at radius 3 is 2.15 bits per heavy atom. The summed E-state index contributed by atoms with van der Waals surface area (Å²) in [5.74, 6) is 0.339. The van der Waals surface area contributed by atoms with Crippen molar-refractivity contribution in [3.05, 3.63) is 65.5 Å². The first-order chi connectivity index (χ1) is 12.5. The monoisotopic (exact) mass is 354 g/mol. The maximum absolute atomic E-state index is 13.1. The van der Waals surface area contributed by atoms with E-state index >= 15 is 0 Å². The number of rotatable bonds is 4. The zero-order chi connectivity index (χ0) is 18.7. The van der Waals surface area contributed by atoms with E-state index in [-0.39, 0.29) is 17.8 Å². The number of hydrogen-bond donors (Lipinski definition) is 0. The van der Waals surface area contributed by atoms with E-state index in [2.05, 4.69) is 18.7 Å². The number of hydrogen-bond acceptors (Lipinski definition) is 2. The molecular formula is C22H27FN2O. The van der Waals surface area contributed by atoms with Crippen molar-refractivity contribution in [1.29, 1.82) is 0 Å². The second-order valence-corrected chi connectivity index (χ2v) is 7.39. The third-order valence-electron chi connectivity index (χ3n) is 5.35. The SMILES string of the molecule is CC(C)c1ccc(C(=O)N(C)C2CCN(c3ccc(F)cc3)CC2)cc1. The van der Waals surface area contributed by atoms with Crippen molar-refractivity contribution in [1.82, 2.24) is 4.90 Å². The van der Waals surface area contributed by atoms with Crippen molar-refractivity contribution in [3.8, 4) is 0 Å². The average Bonchev–Trinajstić information content (AvgIpc) is 2.67. The van der Waals surface area contributed by atoms with Crippen LogP contribution in [0.15, 0.2) is 48.5 Å². The van der Waals surface area contributed by atoms with Gasteiger partial charge in [0.25, 0.3) is 5.91 Å². The maximum Gasteiger partial charge on any atom is 0.253 e. The molecule has 1 saturated heterocycles. The minimum atomic E-state index is -0.211. The number of carbonyl (C=O) groups is 1. The Hall–Kier alpha value is -2.36. The third-order valence-corrected chi connectivity index (χ3v) is 5.35. The average molecular weight is 354 g/mol. The van der Waals surface area contributed by atoms with Crippen LogP contribution in [0.3, 0.4) is 0 Å². The first kappa shape index (κ1) is 18.4. The summed E-state index contributed by atoms with van der Waals surface area (Å²) in [6.45, 7) is 6.05. The summed E-state index contributed by atoms with van der Waals surface area (Å²) in [5, 5.41) is 0. The smallest absolute Gasteiger partial charge is 0.253 e. The van der Waals surface area contributed by atoms with Gasteiger partial charge in [0.2, 0.25) is 0 Å². The number of benzene rings is 2. The summed E-state index contributed by atoms with van der Waals surface area (Å²) in [7, 11) is 1.90. The van der Waals surface area contributed by atoms with E-state index in [4.69, 9.17) is 0 Å². The standard InChI is InChI=1S/C22H27FN2O/c1-16(2)17-4-6-18(7-5-17)22(26)24(3)20-12-14-25(15-13-20)21-10-8-19(23)9-11-21/h4-11,16,20H,12-15H2,1-3H3. The Bertz CT molecular complexity index is 732. The highest BCUT2D eigenvalue weighted by Gasteiger charge is 2.26. The van der Waals surface area contributed by atoms with Gasteiger partial charge in [-0.1, -0.05) is 26.0 Å². The Kier molecular flexibility index (Phi) is 5.60. The maximum atomic E-state index is 13.1. The molecule has 1 heterocycles. The summed E-state index contributed by atoms with van der Waals surface area (Å²) < 4.78 is 13.1. The molecule has 0 atom stereocenters. The van der Waals surface area contributed by atoms with Crippen LogP contribution in [0.25, 0.3) is 0 Å². The van der Waals surface area contributed by atoms with Crippen molar-refractivity contribution in [2.45, 2.75) is 38.6 Å². The molecule has 1 aliphatic rings. The van der Waals surface area contributed by atoms with Crippen molar-refractivity contribution in [2.75, 3.05) is 25.0 Å². The molecule has 2 aromatic carbocycles. The number of halogens is 1. The molecule has 0 spiro atoms. The highest BCUT2D eigenvalue weighted by atomic mass is 19.1. The van der Waals surface area contributed by atoms with Crippen LogP contribution < -0.4 is 4.90 Å². The Balaban J connectivity index is 1.59. The first-order valence-electron chi connectivity index (χ1n) is 9.33. The molecule has 0 radical (unpaired) electrons. The van der Waals surface area contributed by atoms with Gasteiger partial charge in [-0.05, 0) is 60.7 Å². The summed E-state index contributed by atoms with van der Waals surface area (Å²) in [5.41, 5.74) is 3.04. The molecular weight excluding hydrogens is 327 g/mol. The van der Waals surface area contributed by atoms with E-state index in [9.17, 15) is 9.18 Å². The van der Waals surface area contributed by atoms with Gasteiger partial charge >= 0.3 is 0 Å². The molecule has 1 fully saturated rings. The molecule has 0 unspecified atom stereocenters. The fraction of sp³-hybridized carbons (Fsp3) is 0.409. The van der Waals surface area contributed by atoms with Crippen LogP contribution in [0.2, 0.25) is 0 Å². The van der Waals surface area contributed by atoms with Crippen molar-refractivity contribution in [2.24, 2.45) is 0 Å². The minimum Gasteiger partial charge on any atom is -0.371 e. The summed E-state index contributed by atoms with van der Waals surface area (Å²) >= 11 is 0. The third kappa shape index (κ3) is 4.06. The predicted molar refractivity (Wildman–Crippen MR) is 104 cm³/mol. The second-order valence-electron chi connectivity index (χ2n) is 7.39. The van der Waals surface area contributed by atoms with Gasteiger partial charge < -0.3 is 9.80 Å². The predicted octanol–water partition coefficient (Wildman–Crippen LogP) is 4.69. The van der Waals surface area contributed by atoms with Crippen molar-refractivity contribution < 1.29 is 9.18 Å². The summed E-state index contributed by atoms with van der Waals surface area (Å²) in [6.07, 6.45) is 1.84. The molecule has 3 nitrogen and oxygen atoms in total. The largest absolute Gasteiger partial charge is 0.371 e. The van der Waals surface area contributed by atoms with Gasteiger partial charge in [0, 0.05) is 37.4 Å². The van der Waals surface area contributed by atoms with E-state index in [1.165, 1.54) is 17.7 Å². The minimum absolute atomic E-state index is 0.0838. The molecule has 0 aromatic heterocycles. The molecule has 4 heteroatoms. The summed E-state index contributed by atoms with van der Waals surface area (Å²) in [4.78, 5) is 16.9. The molecule has 0 N–H and O–H groups in total. The highest BCUT2D eigenvalue weighted by molar-refractivity contribution is 5.94. The van der Waals surface area contributed by atoms with Gasteiger partial charge in [-0.15, -0.1) is 0 Å². The first-order valence-corrected chi connectivity index (χ1v) is 9.33. The van der Waals surface area contributed by atoms with Crippen molar-refractivity contribution in [3.63, 3.8) is 0 Å². The molecule has 3 rings (SSSR count). The lowest BCUT2D eigenvalue weighted by molar-refractivity contribution is 0.0709. The second kappa shape index (κ2) is 7.90. The van der Waals surface area contributed by atoms with Gasteiger partial charge in [-0.25, -0.2) is 4.39 Å². The van der Waals surface area contributed by atoms with Crippen LogP contribution in [0.1, 0.15) is 48.5 Å². The Labute approximate surface area is 155 Å². The number of carbonyl (C=O) groups excluding carboxylic acids is 1. The molecule has 0 bridgehead atoms. The van der Waals surface area contributed by atoms with E-state index in [1.54, 1.807) is 0 Å².